The third-order valence-corrected chi connectivity index (χ3v) is 3.71. The minimum Gasteiger partial charge on any atom is -0.457 e. The Morgan fingerprint density at radius 2 is 1.72 bits per heavy atom. The van der Waals surface area contributed by atoms with Crippen LogP contribution in [0.4, 0.5) is 0 Å². The Morgan fingerprint density at radius 3 is 2.36 bits per heavy atom. The minimum atomic E-state index is -0.424. The van der Waals surface area contributed by atoms with Crippen molar-refractivity contribution in [2.24, 2.45) is 5.41 Å². The first-order valence-electron chi connectivity index (χ1n) is 8.36. The molecule has 4 heteroatoms. The van der Waals surface area contributed by atoms with E-state index in [4.69, 9.17) is 4.74 Å². The number of rotatable bonds is 5. The lowest BCUT2D eigenvalue weighted by Crippen LogP contribution is -2.32. The molecule has 2 aromatic rings. The molecule has 0 atom stereocenters. The summed E-state index contributed by atoms with van der Waals surface area (Å²) >= 11 is 0. The molecule has 0 aliphatic rings. The van der Waals surface area contributed by atoms with Crippen LogP contribution in [0.25, 0.3) is 0 Å². The van der Waals surface area contributed by atoms with Crippen LogP contribution >= 0.6 is 0 Å². The summed E-state index contributed by atoms with van der Waals surface area (Å²) in [6.07, 6.45) is 0. The van der Waals surface area contributed by atoms with Crippen LogP contribution in [0, 0.1) is 12.3 Å². The van der Waals surface area contributed by atoms with Gasteiger partial charge in [0.1, 0.15) is 6.61 Å². The van der Waals surface area contributed by atoms with Crippen molar-refractivity contribution in [1.82, 2.24) is 5.32 Å². The number of amides is 1. The molecule has 25 heavy (non-hydrogen) atoms. The average molecular weight is 339 g/mol. The maximum absolute atomic E-state index is 12.4. The molecule has 1 N–H and O–H groups in total. The van der Waals surface area contributed by atoms with E-state index in [0.717, 1.165) is 11.1 Å². The fraction of sp³-hybridized carbons (Fsp3) is 0.333. The molecule has 1 amide bonds. The lowest BCUT2D eigenvalue weighted by molar-refractivity contribution is 0.0472. The van der Waals surface area contributed by atoms with Gasteiger partial charge in [0.05, 0.1) is 5.56 Å². The second kappa shape index (κ2) is 7.97. The number of carbonyl (C=O) groups excluding carboxylic acids is 2. The first-order chi connectivity index (χ1) is 11.8. The smallest absolute Gasteiger partial charge is 0.338 e. The highest BCUT2D eigenvalue weighted by molar-refractivity contribution is 5.98. The van der Waals surface area contributed by atoms with E-state index in [9.17, 15) is 9.59 Å². The van der Waals surface area contributed by atoms with Crippen molar-refractivity contribution >= 4 is 11.9 Å². The molecule has 0 fully saturated rings. The maximum Gasteiger partial charge on any atom is 0.338 e. The SMILES string of the molecule is Cc1ccc(C(=O)NCC(C)(C)C)cc1C(=O)OCc1ccccc1. The van der Waals surface area contributed by atoms with Crippen molar-refractivity contribution in [3.05, 3.63) is 70.8 Å². The number of ether oxygens (including phenoxy) is 1. The van der Waals surface area contributed by atoms with Gasteiger partial charge in [0.2, 0.25) is 0 Å². The highest BCUT2D eigenvalue weighted by atomic mass is 16.5. The molecule has 2 aromatic carbocycles. The minimum absolute atomic E-state index is 0.00218. The summed E-state index contributed by atoms with van der Waals surface area (Å²) in [4.78, 5) is 24.7. The summed E-state index contributed by atoms with van der Waals surface area (Å²) in [7, 11) is 0. The van der Waals surface area contributed by atoms with E-state index >= 15 is 0 Å². The summed E-state index contributed by atoms with van der Waals surface area (Å²) in [5.74, 6) is -0.612. The van der Waals surface area contributed by atoms with Gasteiger partial charge < -0.3 is 10.1 Å². The number of esters is 1. The molecule has 0 saturated heterocycles. The Kier molecular flexibility index (Phi) is 5.97. The molecule has 0 aliphatic carbocycles. The summed E-state index contributed by atoms with van der Waals surface area (Å²) in [5.41, 5.74) is 2.58. The fourth-order valence-electron chi connectivity index (χ4n) is 2.23. The molecule has 0 aromatic heterocycles. The van der Waals surface area contributed by atoms with E-state index in [1.165, 1.54) is 0 Å². The van der Waals surface area contributed by atoms with Crippen LogP contribution in [-0.4, -0.2) is 18.4 Å². The number of hydrogen-bond acceptors (Lipinski definition) is 3. The Bertz CT molecular complexity index is 745. The Balaban J connectivity index is 2.07. The van der Waals surface area contributed by atoms with E-state index in [0.29, 0.717) is 17.7 Å². The molecule has 132 valence electrons. The number of hydrogen-bond donors (Lipinski definition) is 1. The summed E-state index contributed by atoms with van der Waals surface area (Å²) in [5, 5.41) is 2.89. The summed E-state index contributed by atoms with van der Waals surface area (Å²) in [6.45, 7) is 8.75. The molecule has 0 heterocycles. The van der Waals surface area contributed by atoms with Gasteiger partial charge in [-0.05, 0) is 35.6 Å². The van der Waals surface area contributed by atoms with Crippen LogP contribution in [-0.2, 0) is 11.3 Å². The van der Waals surface area contributed by atoms with Crippen molar-refractivity contribution in [2.75, 3.05) is 6.54 Å². The summed E-state index contributed by atoms with van der Waals surface area (Å²) in [6, 6.07) is 14.6. The zero-order valence-corrected chi connectivity index (χ0v) is 15.3. The van der Waals surface area contributed by atoms with Crippen LogP contribution in [0.5, 0.6) is 0 Å². The van der Waals surface area contributed by atoms with Crippen LogP contribution in [0.15, 0.2) is 48.5 Å². The lowest BCUT2D eigenvalue weighted by atomic mass is 9.96. The van der Waals surface area contributed by atoms with Gasteiger partial charge in [-0.25, -0.2) is 4.79 Å². The van der Waals surface area contributed by atoms with E-state index in [-0.39, 0.29) is 17.9 Å². The van der Waals surface area contributed by atoms with Gasteiger partial charge in [-0.1, -0.05) is 57.2 Å². The van der Waals surface area contributed by atoms with Crippen molar-refractivity contribution in [3.63, 3.8) is 0 Å². The first kappa shape index (κ1) is 18.7. The molecule has 0 radical (unpaired) electrons. The van der Waals surface area contributed by atoms with Gasteiger partial charge in [-0.2, -0.15) is 0 Å². The molecule has 0 bridgehead atoms. The first-order valence-corrected chi connectivity index (χ1v) is 8.36. The Hall–Kier alpha value is -2.62. The zero-order chi connectivity index (χ0) is 18.4. The van der Waals surface area contributed by atoms with Crippen LogP contribution in [0.2, 0.25) is 0 Å². The molecule has 4 nitrogen and oxygen atoms in total. The van der Waals surface area contributed by atoms with Crippen molar-refractivity contribution in [1.29, 1.82) is 0 Å². The third-order valence-electron chi connectivity index (χ3n) is 3.71. The Morgan fingerprint density at radius 1 is 1.04 bits per heavy atom. The van der Waals surface area contributed by atoms with Gasteiger partial charge in [-0.15, -0.1) is 0 Å². The number of benzene rings is 2. The molecule has 0 saturated carbocycles. The van der Waals surface area contributed by atoms with Gasteiger partial charge in [0, 0.05) is 12.1 Å². The third kappa shape index (κ3) is 5.75. The van der Waals surface area contributed by atoms with Gasteiger partial charge in [0.25, 0.3) is 5.91 Å². The predicted molar refractivity (Wildman–Crippen MR) is 98.5 cm³/mol. The molecule has 0 spiro atoms. The van der Waals surface area contributed by atoms with E-state index in [1.54, 1.807) is 18.2 Å². The van der Waals surface area contributed by atoms with Crippen LogP contribution in [0.1, 0.15) is 52.6 Å². The van der Waals surface area contributed by atoms with Gasteiger partial charge in [-0.3, -0.25) is 4.79 Å². The van der Waals surface area contributed by atoms with Crippen LogP contribution < -0.4 is 5.32 Å². The normalized spacial score (nSPS) is 11.0. The van der Waals surface area contributed by atoms with Crippen molar-refractivity contribution < 1.29 is 14.3 Å². The van der Waals surface area contributed by atoms with E-state index in [2.05, 4.69) is 26.1 Å². The summed E-state index contributed by atoms with van der Waals surface area (Å²) < 4.78 is 5.37. The van der Waals surface area contributed by atoms with Gasteiger partial charge in [0.15, 0.2) is 0 Å². The molecular formula is C21H25NO3. The number of carbonyl (C=O) groups is 2. The van der Waals surface area contributed by atoms with Crippen molar-refractivity contribution in [3.8, 4) is 0 Å². The topological polar surface area (TPSA) is 55.4 Å². The quantitative estimate of drug-likeness (QED) is 0.834. The Labute approximate surface area is 149 Å². The lowest BCUT2D eigenvalue weighted by Gasteiger charge is -2.19. The molecule has 0 unspecified atom stereocenters. The number of aryl methyl sites for hydroxylation is 1. The average Bonchev–Trinajstić information content (AvgIpc) is 2.58. The monoisotopic (exact) mass is 339 g/mol. The fourth-order valence-corrected chi connectivity index (χ4v) is 2.23. The van der Waals surface area contributed by atoms with E-state index < -0.39 is 5.97 Å². The van der Waals surface area contributed by atoms with Crippen LogP contribution in [0.3, 0.4) is 0 Å². The van der Waals surface area contributed by atoms with Gasteiger partial charge >= 0.3 is 5.97 Å². The van der Waals surface area contributed by atoms with Crippen molar-refractivity contribution in [2.45, 2.75) is 34.3 Å². The molecule has 0 aliphatic heterocycles. The highest BCUT2D eigenvalue weighted by Gasteiger charge is 2.16. The zero-order valence-electron chi connectivity index (χ0n) is 15.3. The maximum atomic E-state index is 12.4. The molecule has 2 rings (SSSR count). The molecular weight excluding hydrogens is 314 g/mol. The second-order valence-electron chi connectivity index (χ2n) is 7.33. The standard InChI is InChI=1S/C21H25NO3/c1-15-10-11-17(19(23)22-14-21(2,3)4)12-18(15)20(24)25-13-16-8-6-5-7-9-16/h5-12H,13-14H2,1-4H3,(H,22,23). The number of nitrogens with one attached hydrogen (secondary N) is 1. The predicted octanol–water partition coefficient (Wildman–Crippen LogP) is 4.13. The highest BCUT2D eigenvalue weighted by Crippen LogP contribution is 2.15. The second-order valence-corrected chi connectivity index (χ2v) is 7.33. The largest absolute Gasteiger partial charge is 0.457 e. The van der Waals surface area contributed by atoms with E-state index in [1.807, 2.05) is 37.3 Å².